The van der Waals surface area contributed by atoms with E-state index in [4.69, 9.17) is 4.74 Å². The molecular weight excluding hydrogens is 240 g/mol. The SMILES string of the molecule is CC(C)(C)NCC(O)COc1cc(F)ccc1F. The lowest BCUT2D eigenvalue weighted by Gasteiger charge is -2.23. The van der Waals surface area contributed by atoms with Crippen molar-refractivity contribution < 1.29 is 18.6 Å². The van der Waals surface area contributed by atoms with Crippen LogP contribution >= 0.6 is 0 Å². The summed E-state index contributed by atoms with van der Waals surface area (Å²) in [6, 6.07) is 2.96. The average molecular weight is 259 g/mol. The van der Waals surface area contributed by atoms with Crippen molar-refractivity contribution >= 4 is 0 Å². The van der Waals surface area contributed by atoms with E-state index in [9.17, 15) is 13.9 Å². The Kier molecular flexibility index (Phi) is 5.04. The molecule has 102 valence electrons. The highest BCUT2D eigenvalue weighted by molar-refractivity contribution is 5.24. The van der Waals surface area contributed by atoms with E-state index < -0.39 is 17.7 Å². The molecule has 5 heteroatoms. The van der Waals surface area contributed by atoms with Crippen molar-refractivity contribution in [3.8, 4) is 5.75 Å². The predicted octanol–water partition coefficient (Wildman–Crippen LogP) is 2.09. The molecule has 1 unspecified atom stereocenters. The van der Waals surface area contributed by atoms with Crippen molar-refractivity contribution in [2.45, 2.75) is 32.4 Å². The number of ether oxygens (including phenoxy) is 1. The third-order valence-corrected chi connectivity index (χ3v) is 2.19. The molecule has 1 aromatic carbocycles. The molecule has 0 spiro atoms. The molecule has 0 amide bonds. The maximum absolute atomic E-state index is 13.2. The number of aliphatic hydroxyl groups excluding tert-OH is 1. The summed E-state index contributed by atoms with van der Waals surface area (Å²) >= 11 is 0. The summed E-state index contributed by atoms with van der Waals surface area (Å²) in [7, 11) is 0. The first-order valence-electron chi connectivity index (χ1n) is 5.79. The Bertz CT molecular complexity index is 391. The van der Waals surface area contributed by atoms with Gasteiger partial charge in [-0.3, -0.25) is 0 Å². The van der Waals surface area contributed by atoms with Gasteiger partial charge in [-0.15, -0.1) is 0 Å². The molecule has 0 aliphatic heterocycles. The van der Waals surface area contributed by atoms with Crippen LogP contribution < -0.4 is 10.1 Å². The van der Waals surface area contributed by atoms with E-state index in [0.717, 1.165) is 18.2 Å². The number of β-amino-alcohol motifs (C(OH)–C–C–N with tert-alkyl or cyclic N) is 1. The molecule has 1 rings (SSSR count). The van der Waals surface area contributed by atoms with Gasteiger partial charge in [0.25, 0.3) is 0 Å². The summed E-state index contributed by atoms with van der Waals surface area (Å²) < 4.78 is 31.1. The van der Waals surface area contributed by atoms with Crippen molar-refractivity contribution in [3.05, 3.63) is 29.8 Å². The minimum atomic E-state index is -0.785. The van der Waals surface area contributed by atoms with Crippen molar-refractivity contribution in [2.75, 3.05) is 13.2 Å². The highest BCUT2D eigenvalue weighted by atomic mass is 19.1. The molecule has 0 aromatic heterocycles. The fraction of sp³-hybridized carbons (Fsp3) is 0.538. The van der Waals surface area contributed by atoms with Crippen LogP contribution in [0.25, 0.3) is 0 Å². The van der Waals surface area contributed by atoms with Crippen molar-refractivity contribution in [1.29, 1.82) is 0 Å². The Balaban J connectivity index is 2.42. The van der Waals surface area contributed by atoms with Gasteiger partial charge in [0.2, 0.25) is 0 Å². The smallest absolute Gasteiger partial charge is 0.165 e. The Hall–Kier alpha value is -1.20. The van der Waals surface area contributed by atoms with Gasteiger partial charge in [-0.25, -0.2) is 8.78 Å². The van der Waals surface area contributed by atoms with Crippen LogP contribution in [0, 0.1) is 11.6 Å². The summed E-state index contributed by atoms with van der Waals surface area (Å²) in [6.07, 6.45) is -0.785. The van der Waals surface area contributed by atoms with E-state index in [0.29, 0.717) is 6.54 Å². The maximum Gasteiger partial charge on any atom is 0.165 e. The topological polar surface area (TPSA) is 41.5 Å². The molecule has 1 aromatic rings. The van der Waals surface area contributed by atoms with Crippen molar-refractivity contribution in [1.82, 2.24) is 5.32 Å². The number of aliphatic hydroxyl groups is 1. The summed E-state index contributed by atoms with van der Waals surface area (Å²) in [5.41, 5.74) is -0.120. The van der Waals surface area contributed by atoms with Crippen LogP contribution in [0.3, 0.4) is 0 Å². The summed E-state index contributed by atoms with van der Waals surface area (Å²) in [5, 5.41) is 12.7. The number of nitrogens with one attached hydrogen (secondary N) is 1. The summed E-state index contributed by atoms with van der Waals surface area (Å²) in [6.45, 7) is 6.12. The van der Waals surface area contributed by atoms with Crippen molar-refractivity contribution in [2.24, 2.45) is 0 Å². The van der Waals surface area contributed by atoms with Crippen LogP contribution in [-0.2, 0) is 0 Å². The van der Waals surface area contributed by atoms with E-state index in [-0.39, 0.29) is 17.9 Å². The van der Waals surface area contributed by atoms with Crippen LogP contribution in [0.5, 0.6) is 5.75 Å². The molecule has 0 saturated heterocycles. The first-order chi connectivity index (χ1) is 8.28. The fourth-order valence-electron chi connectivity index (χ4n) is 1.26. The first-order valence-corrected chi connectivity index (χ1v) is 5.79. The van der Waals surface area contributed by atoms with Crippen LogP contribution in [-0.4, -0.2) is 29.9 Å². The van der Waals surface area contributed by atoms with Gasteiger partial charge in [-0.05, 0) is 32.9 Å². The van der Waals surface area contributed by atoms with E-state index in [1.807, 2.05) is 20.8 Å². The number of benzene rings is 1. The monoisotopic (exact) mass is 259 g/mol. The number of halogens is 2. The Labute approximate surface area is 106 Å². The highest BCUT2D eigenvalue weighted by Crippen LogP contribution is 2.18. The zero-order valence-electron chi connectivity index (χ0n) is 10.8. The van der Waals surface area contributed by atoms with Gasteiger partial charge in [0, 0.05) is 18.2 Å². The van der Waals surface area contributed by atoms with Gasteiger partial charge >= 0.3 is 0 Å². The number of hydrogen-bond acceptors (Lipinski definition) is 3. The van der Waals surface area contributed by atoms with E-state index in [2.05, 4.69) is 5.32 Å². The van der Waals surface area contributed by atoms with Gasteiger partial charge in [0.15, 0.2) is 11.6 Å². The average Bonchev–Trinajstić information content (AvgIpc) is 2.26. The molecule has 18 heavy (non-hydrogen) atoms. The molecule has 0 radical (unpaired) electrons. The normalized spacial score (nSPS) is 13.4. The van der Waals surface area contributed by atoms with E-state index >= 15 is 0 Å². The molecule has 0 aliphatic rings. The van der Waals surface area contributed by atoms with Crippen LogP contribution in [0.1, 0.15) is 20.8 Å². The zero-order chi connectivity index (χ0) is 13.8. The Morgan fingerprint density at radius 2 is 2.00 bits per heavy atom. The minimum Gasteiger partial charge on any atom is -0.488 e. The lowest BCUT2D eigenvalue weighted by Crippen LogP contribution is -2.42. The second kappa shape index (κ2) is 6.11. The second-order valence-electron chi connectivity index (χ2n) is 5.17. The first kappa shape index (κ1) is 14.9. The van der Waals surface area contributed by atoms with Crippen molar-refractivity contribution in [3.63, 3.8) is 0 Å². The number of rotatable bonds is 5. The van der Waals surface area contributed by atoms with Gasteiger partial charge < -0.3 is 15.2 Å². The lowest BCUT2D eigenvalue weighted by molar-refractivity contribution is 0.0978. The third-order valence-electron chi connectivity index (χ3n) is 2.19. The molecule has 0 aliphatic carbocycles. The molecular formula is C13H19F2NO2. The highest BCUT2D eigenvalue weighted by Gasteiger charge is 2.13. The molecule has 0 heterocycles. The minimum absolute atomic E-state index is 0.0938. The van der Waals surface area contributed by atoms with Gasteiger partial charge in [-0.1, -0.05) is 0 Å². The van der Waals surface area contributed by atoms with E-state index in [1.165, 1.54) is 0 Å². The van der Waals surface area contributed by atoms with Crippen LogP contribution in [0.4, 0.5) is 8.78 Å². The molecule has 0 fully saturated rings. The Morgan fingerprint density at radius 3 is 2.61 bits per heavy atom. The standard InChI is InChI=1S/C13H19F2NO2/c1-13(2,3)16-7-10(17)8-18-12-6-9(14)4-5-11(12)15/h4-6,10,16-17H,7-8H2,1-3H3. The Morgan fingerprint density at radius 1 is 1.33 bits per heavy atom. The predicted molar refractivity (Wildman–Crippen MR) is 65.6 cm³/mol. The third kappa shape index (κ3) is 5.42. The molecule has 0 bridgehead atoms. The maximum atomic E-state index is 13.2. The fourth-order valence-corrected chi connectivity index (χ4v) is 1.26. The van der Waals surface area contributed by atoms with Gasteiger partial charge in [-0.2, -0.15) is 0 Å². The lowest BCUT2D eigenvalue weighted by atomic mass is 10.1. The van der Waals surface area contributed by atoms with Crippen LogP contribution in [0.15, 0.2) is 18.2 Å². The second-order valence-corrected chi connectivity index (χ2v) is 5.17. The zero-order valence-corrected chi connectivity index (χ0v) is 10.8. The van der Waals surface area contributed by atoms with Gasteiger partial charge in [0.1, 0.15) is 18.5 Å². The quantitative estimate of drug-likeness (QED) is 0.850. The number of hydrogen-bond donors (Lipinski definition) is 2. The molecule has 1 atom stereocenters. The molecule has 0 saturated carbocycles. The summed E-state index contributed by atoms with van der Waals surface area (Å²) in [4.78, 5) is 0. The van der Waals surface area contributed by atoms with Crippen LogP contribution in [0.2, 0.25) is 0 Å². The summed E-state index contributed by atoms with van der Waals surface area (Å²) in [5.74, 6) is -1.41. The molecule has 2 N–H and O–H groups in total. The van der Waals surface area contributed by atoms with Gasteiger partial charge in [0.05, 0.1) is 0 Å². The molecule has 3 nitrogen and oxygen atoms in total. The largest absolute Gasteiger partial charge is 0.488 e. The van der Waals surface area contributed by atoms with E-state index in [1.54, 1.807) is 0 Å².